The molecule has 0 saturated heterocycles. The summed E-state index contributed by atoms with van der Waals surface area (Å²) in [5.74, 6) is -0.890. The molecule has 0 aliphatic heterocycles. The lowest BCUT2D eigenvalue weighted by molar-refractivity contribution is -0.141. The average Bonchev–Trinajstić information content (AvgIpc) is 3.25. The molecule has 126 valence electrons. The number of alkyl halides is 3. The van der Waals surface area contributed by atoms with Crippen LogP contribution in [0.5, 0.6) is 0 Å². The van der Waals surface area contributed by atoms with Crippen molar-refractivity contribution >= 4 is 28.5 Å². The molecule has 0 aliphatic carbocycles. The van der Waals surface area contributed by atoms with E-state index in [1.807, 2.05) is 0 Å². The maximum Gasteiger partial charge on any atom is 0.432 e. The van der Waals surface area contributed by atoms with Gasteiger partial charge in [-0.1, -0.05) is 12.1 Å². The van der Waals surface area contributed by atoms with Gasteiger partial charge >= 0.3 is 6.18 Å². The van der Waals surface area contributed by atoms with Crippen LogP contribution in [0, 0.1) is 11.3 Å². The first-order chi connectivity index (χ1) is 11.8. The maximum atomic E-state index is 13.5. The number of nitrogens with zero attached hydrogens (tertiary/aromatic N) is 1. The fourth-order valence-corrected chi connectivity index (χ4v) is 3.80. The van der Waals surface area contributed by atoms with E-state index in [9.17, 15) is 28.0 Å². The Kier molecular flexibility index (Phi) is 4.32. The molecule has 0 aromatic carbocycles. The standard InChI is InChI=1S/C16H7F3N2O2S2/c17-16(18,19)14-12(13(22)10-4-2-6-25-10)11(9-3-1-5-24-9)8(7-20)15(23)21-14/h1-6H,(H,21,23). The molecule has 9 heteroatoms. The van der Waals surface area contributed by atoms with Crippen molar-refractivity contribution in [1.29, 1.82) is 5.26 Å². The topological polar surface area (TPSA) is 73.7 Å². The molecule has 0 bridgehead atoms. The van der Waals surface area contributed by atoms with Crippen LogP contribution in [-0.4, -0.2) is 10.8 Å². The molecule has 3 aromatic heterocycles. The summed E-state index contributed by atoms with van der Waals surface area (Å²) in [5, 5.41) is 12.4. The van der Waals surface area contributed by atoms with Crippen molar-refractivity contribution in [2.45, 2.75) is 6.18 Å². The van der Waals surface area contributed by atoms with Crippen molar-refractivity contribution < 1.29 is 18.0 Å². The number of aromatic amines is 1. The van der Waals surface area contributed by atoms with Gasteiger partial charge in [-0.05, 0) is 22.9 Å². The van der Waals surface area contributed by atoms with E-state index in [0.29, 0.717) is 0 Å². The van der Waals surface area contributed by atoms with Crippen LogP contribution in [0.4, 0.5) is 13.2 Å². The highest BCUT2D eigenvalue weighted by molar-refractivity contribution is 7.13. The van der Waals surface area contributed by atoms with E-state index >= 15 is 0 Å². The minimum Gasteiger partial charge on any atom is -0.317 e. The number of nitriles is 1. The summed E-state index contributed by atoms with van der Waals surface area (Å²) >= 11 is 2.02. The highest BCUT2D eigenvalue weighted by Gasteiger charge is 2.40. The zero-order valence-corrected chi connectivity index (χ0v) is 13.8. The highest BCUT2D eigenvalue weighted by Crippen LogP contribution is 2.38. The van der Waals surface area contributed by atoms with Crippen LogP contribution in [0.25, 0.3) is 10.4 Å². The van der Waals surface area contributed by atoms with E-state index in [-0.39, 0.29) is 15.3 Å². The lowest BCUT2D eigenvalue weighted by Gasteiger charge is -2.15. The second-order valence-electron chi connectivity index (χ2n) is 4.85. The molecule has 3 aromatic rings. The first-order valence-corrected chi connectivity index (χ1v) is 8.50. The molecule has 0 fully saturated rings. The van der Waals surface area contributed by atoms with Crippen molar-refractivity contribution in [3.63, 3.8) is 0 Å². The van der Waals surface area contributed by atoms with E-state index in [1.165, 1.54) is 18.2 Å². The minimum absolute atomic E-state index is 0.0826. The van der Waals surface area contributed by atoms with Gasteiger partial charge in [0.25, 0.3) is 5.56 Å². The third-order valence-electron chi connectivity index (χ3n) is 3.35. The molecule has 0 atom stereocenters. The third kappa shape index (κ3) is 3.01. The largest absolute Gasteiger partial charge is 0.432 e. The number of aromatic nitrogens is 1. The second kappa shape index (κ2) is 6.31. The summed E-state index contributed by atoms with van der Waals surface area (Å²) in [4.78, 5) is 26.8. The van der Waals surface area contributed by atoms with Gasteiger partial charge < -0.3 is 4.98 Å². The summed E-state index contributed by atoms with van der Waals surface area (Å²) < 4.78 is 40.5. The number of carbonyl (C=O) groups excluding carboxylic acids is 1. The van der Waals surface area contributed by atoms with Crippen LogP contribution >= 0.6 is 22.7 Å². The van der Waals surface area contributed by atoms with Crippen molar-refractivity contribution in [1.82, 2.24) is 4.98 Å². The molecule has 3 rings (SSSR count). The van der Waals surface area contributed by atoms with Gasteiger partial charge in [0.2, 0.25) is 5.78 Å². The molecule has 0 saturated carbocycles. The van der Waals surface area contributed by atoms with Gasteiger partial charge in [-0.15, -0.1) is 22.7 Å². The zero-order valence-electron chi connectivity index (χ0n) is 12.2. The molecule has 1 N–H and O–H groups in total. The highest BCUT2D eigenvalue weighted by atomic mass is 32.1. The number of halogens is 3. The van der Waals surface area contributed by atoms with Crippen molar-refractivity contribution in [3.05, 3.63) is 67.1 Å². The quantitative estimate of drug-likeness (QED) is 0.689. The minimum atomic E-state index is -4.96. The Morgan fingerprint density at radius 1 is 1.16 bits per heavy atom. The SMILES string of the molecule is N#Cc1c(-c2cccs2)c(C(=O)c2cccs2)c(C(F)(F)F)[nH]c1=O. The zero-order chi connectivity index (χ0) is 18.2. The number of pyridine rings is 1. The molecule has 4 nitrogen and oxygen atoms in total. The van der Waals surface area contributed by atoms with Crippen molar-refractivity contribution in [3.8, 4) is 16.5 Å². The van der Waals surface area contributed by atoms with Crippen molar-refractivity contribution in [2.75, 3.05) is 0 Å². The lowest BCUT2D eigenvalue weighted by atomic mass is 9.95. The number of thiophene rings is 2. The maximum absolute atomic E-state index is 13.5. The normalized spacial score (nSPS) is 11.3. The van der Waals surface area contributed by atoms with Crippen LogP contribution in [0.1, 0.15) is 26.5 Å². The lowest BCUT2D eigenvalue weighted by Crippen LogP contribution is -2.25. The van der Waals surface area contributed by atoms with Crippen molar-refractivity contribution in [2.24, 2.45) is 0 Å². The molecule has 0 aliphatic rings. The predicted molar refractivity (Wildman–Crippen MR) is 87.8 cm³/mol. The molecule has 25 heavy (non-hydrogen) atoms. The van der Waals surface area contributed by atoms with Gasteiger partial charge in [-0.25, -0.2) is 0 Å². The number of hydrogen-bond donors (Lipinski definition) is 1. The number of carbonyl (C=O) groups is 1. The van der Waals surface area contributed by atoms with Gasteiger partial charge in [0.1, 0.15) is 17.3 Å². The fourth-order valence-electron chi connectivity index (χ4n) is 2.35. The summed E-state index contributed by atoms with van der Waals surface area (Å²) in [6.45, 7) is 0. The molecule has 0 amide bonds. The number of H-pyrrole nitrogens is 1. The van der Waals surface area contributed by atoms with Gasteiger partial charge in [0.05, 0.1) is 10.4 Å². The number of rotatable bonds is 3. The third-order valence-corrected chi connectivity index (χ3v) is 5.11. The smallest absolute Gasteiger partial charge is 0.317 e. The molecular formula is C16H7F3N2O2S2. The van der Waals surface area contributed by atoms with E-state index in [4.69, 9.17) is 0 Å². The van der Waals surface area contributed by atoms with Gasteiger partial charge in [-0.3, -0.25) is 9.59 Å². The Balaban J connectivity index is 2.47. The molecular weight excluding hydrogens is 373 g/mol. The molecule has 3 heterocycles. The summed E-state index contributed by atoms with van der Waals surface area (Å²) in [6, 6.07) is 7.57. The first-order valence-electron chi connectivity index (χ1n) is 6.74. The van der Waals surface area contributed by atoms with Crippen LogP contribution < -0.4 is 5.56 Å². The molecule has 0 spiro atoms. The predicted octanol–water partition coefficient (Wildman–Crippen LogP) is 4.29. The van der Waals surface area contributed by atoms with E-state index < -0.39 is 34.3 Å². The monoisotopic (exact) mass is 380 g/mol. The summed E-state index contributed by atoms with van der Waals surface area (Å²) in [5.41, 5.74) is -4.14. The van der Waals surface area contributed by atoms with Gasteiger partial charge in [-0.2, -0.15) is 18.4 Å². The summed E-state index contributed by atoms with van der Waals surface area (Å²) in [7, 11) is 0. The summed E-state index contributed by atoms with van der Waals surface area (Å²) in [6.07, 6.45) is -4.96. The number of ketones is 1. The number of hydrogen-bond acceptors (Lipinski definition) is 5. The Morgan fingerprint density at radius 2 is 1.84 bits per heavy atom. The Hall–Kier alpha value is -2.70. The van der Waals surface area contributed by atoms with Crippen LogP contribution in [-0.2, 0) is 6.18 Å². The molecule has 0 unspecified atom stereocenters. The van der Waals surface area contributed by atoms with Gasteiger partial charge in [0.15, 0.2) is 0 Å². The van der Waals surface area contributed by atoms with Crippen LogP contribution in [0.3, 0.4) is 0 Å². The number of nitrogens with one attached hydrogen (secondary N) is 1. The van der Waals surface area contributed by atoms with E-state index in [1.54, 1.807) is 27.9 Å². The average molecular weight is 380 g/mol. The Bertz CT molecular complexity index is 1030. The first kappa shape index (κ1) is 17.1. The Morgan fingerprint density at radius 3 is 2.36 bits per heavy atom. The van der Waals surface area contributed by atoms with E-state index in [0.717, 1.165) is 22.7 Å². The van der Waals surface area contributed by atoms with E-state index in [2.05, 4.69) is 0 Å². The van der Waals surface area contributed by atoms with Crippen LogP contribution in [0.15, 0.2) is 39.8 Å². The second-order valence-corrected chi connectivity index (χ2v) is 6.74. The Labute approximate surface area is 146 Å². The fraction of sp³-hybridized carbons (Fsp3) is 0.0625. The molecule has 0 radical (unpaired) electrons. The van der Waals surface area contributed by atoms with Crippen LogP contribution in [0.2, 0.25) is 0 Å². The van der Waals surface area contributed by atoms with Gasteiger partial charge in [0, 0.05) is 10.4 Å².